The van der Waals surface area contributed by atoms with Crippen molar-refractivity contribution in [2.45, 2.75) is 18.4 Å². The van der Waals surface area contributed by atoms with Crippen LogP contribution in [0.4, 0.5) is 4.39 Å². The van der Waals surface area contributed by atoms with Crippen LogP contribution in [0.5, 0.6) is 11.5 Å². The van der Waals surface area contributed by atoms with Gasteiger partial charge in [0.15, 0.2) is 17.1 Å². The maximum Gasteiger partial charge on any atom is 0.257 e. The topological polar surface area (TPSA) is 67.8 Å². The molecule has 1 unspecified atom stereocenters. The van der Waals surface area contributed by atoms with Crippen molar-refractivity contribution < 1.29 is 23.8 Å². The second-order valence-corrected chi connectivity index (χ2v) is 6.23. The molecule has 0 fully saturated rings. The fraction of sp³-hybridized carbons (Fsp3) is 0.261. The molecule has 29 heavy (non-hydrogen) atoms. The molecule has 1 atom stereocenters. The molecule has 0 bridgehead atoms. The molecule has 0 aliphatic rings. The van der Waals surface area contributed by atoms with E-state index in [1.807, 2.05) is 6.07 Å². The Balaban J connectivity index is 2.04. The highest BCUT2D eigenvalue weighted by Crippen LogP contribution is 2.28. The number of hydrogen-bond acceptors (Lipinski definition) is 4. The molecule has 2 aromatic rings. The number of ether oxygens (including phenoxy) is 2. The number of nitrogens with one attached hydrogen (secondary N) is 1. The highest BCUT2D eigenvalue weighted by molar-refractivity contribution is 5.86. The maximum atomic E-state index is 13.2. The lowest BCUT2D eigenvalue weighted by Gasteiger charge is -2.25. The largest absolute Gasteiger partial charge is 0.493 e. The lowest BCUT2D eigenvalue weighted by molar-refractivity contribution is -0.140. The number of hydrogen-bond donors (Lipinski definition) is 2. The van der Waals surface area contributed by atoms with E-state index in [9.17, 15) is 14.3 Å². The van der Waals surface area contributed by atoms with Gasteiger partial charge in [0.25, 0.3) is 5.91 Å². The first-order valence-corrected chi connectivity index (χ1v) is 8.88. The summed E-state index contributed by atoms with van der Waals surface area (Å²) in [6.07, 6.45) is 10.8. The molecular weight excluding hydrogens is 373 g/mol. The van der Waals surface area contributed by atoms with Gasteiger partial charge in [-0.2, -0.15) is 0 Å². The van der Waals surface area contributed by atoms with Crippen LogP contribution in [0, 0.1) is 30.5 Å². The average molecular weight is 395 g/mol. The van der Waals surface area contributed by atoms with Crippen LogP contribution in [-0.2, 0) is 16.8 Å². The first-order chi connectivity index (χ1) is 13.9. The molecule has 0 aromatic heterocycles. The van der Waals surface area contributed by atoms with E-state index in [2.05, 4.69) is 17.2 Å². The number of benzene rings is 2. The van der Waals surface area contributed by atoms with Crippen LogP contribution in [0.15, 0.2) is 42.5 Å². The summed E-state index contributed by atoms with van der Waals surface area (Å²) in [6, 6.07) is 10.4. The summed E-state index contributed by atoms with van der Waals surface area (Å²) >= 11 is 0. The highest BCUT2D eigenvalue weighted by atomic mass is 19.1. The van der Waals surface area contributed by atoms with Gasteiger partial charge in [-0.25, -0.2) is 4.39 Å². The molecular formula is C23H22FNO4. The van der Waals surface area contributed by atoms with Gasteiger partial charge in [-0.1, -0.05) is 24.1 Å². The molecule has 0 aliphatic heterocycles. The third-order valence-corrected chi connectivity index (χ3v) is 4.29. The Labute approximate surface area is 169 Å². The minimum Gasteiger partial charge on any atom is -0.493 e. The number of carbonyl (C=O) groups is 1. The number of methoxy groups -OCH3 is 1. The Hall–Kier alpha value is -3.48. The van der Waals surface area contributed by atoms with Crippen LogP contribution in [0.25, 0.3) is 0 Å². The summed E-state index contributed by atoms with van der Waals surface area (Å²) in [6.45, 7) is 0.379. The van der Waals surface area contributed by atoms with Gasteiger partial charge in [-0.3, -0.25) is 4.79 Å². The van der Waals surface area contributed by atoms with Crippen LogP contribution in [0.2, 0.25) is 0 Å². The molecule has 0 heterocycles. The summed E-state index contributed by atoms with van der Waals surface area (Å²) < 4.78 is 23.8. The predicted octanol–water partition coefficient (Wildman–Crippen LogP) is 2.42. The van der Waals surface area contributed by atoms with E-state index in [-0.39, 0.29) is 25.1 Å². The van der Waals surface area contributed by atoms with Crippen molar-refractivity contribution in [2.24, 2.45) is 0 Å². The van der Waals surface area contributed by atoms with E-state index >= 15 is 0 Å². The summed E-state index contributed by atoms with van der Waals surface area (Å²) in [4.78, 5) is 12.6. The van der Waals surface area contributed by atoms with Gasteiger partial charge in [-0.05, 0) is 41.8 Å². The van der Waals surface area contributed by atoms with Crippen LogP contribution < -0.4 is 14.8 Å². The minimum atomic E-state index is -1.94. The number of rotatable bonds is 9. The summed E-state index contributed by atoms with van der Waals surface area (Å²) in [5.74, 6) is 4.62. The first-order valence-electron chi connectivity index (χ1n) is 8.88. The lowest BCUT2D eigenvalue weighted by atomic mass is 9.89. The standard InChI is InChI=1S/C23H22FNO4/c1-4-13-23(27,18-7-9-19(24)10-8-18)22(26)25-14-12-17-6-11-20(29-15-5-2)21(16-17)28-3/h1-2,6-11,16,27H,12-15H2,3H3,(H,25,26). The van der Waals surface area contributed by atoms with Crippen LogP contribution in [0.3, 0.4) is 0 Å². The molecule has 0 radical (unpaired) electrons. The molecule has 0 saturated heterocycles. The fourth-order valence-electron chi connectivity index (χ4n) is 2.76. The van der Waals surface area contributed by atoms with Gasteiger partial charge in [0.2, 0.25) is 0 Å². The number of carbonyl (C=O) groups excluding carboxylic acids is 1. The lowest BCUT2D eigenvalue weighted by Crippen LogP contribution is -2.45. The quantitative estimate of drug-likeness (QED) is 0.640. The van der Waals surface area contributed by atoms with Gasteiger partial charge in [0.1, 0.15) is 12.4 Å². The normalized spacial score (nSPS) is 12.2. The van der Waals surface area contributed by atoms with Crippen molar-refractivity contribution in [1.82, 2.24) is 5.32 Å². The molecule has 1 amide bonds. The van der Waals surface area contributed by atoms with Crippen molar-refractivity contribution in [3.8, 4) is 36.2 Å². The summed E-state index contributed by atoms with van der Waals surface area (Å²) in [5, 5.41) is 13.5. The zero-order valence-corrected chi connectivity index (χ0v) is 16.1. The van der Waals surface area contributed by atoms with Crippen molar-refractivity contribution in [3.05, 3.63) is 59.4 Å². The van der Waals surface area contributed by atoms with Crippen LogP contribution in [0.1, 0.15) is 17.5 Å². The fourth-order valence-corrected chi connectivity index (χ4v) is 2.76. The Morgan fingerprint density at radius 2 is 1.90 bits per heavy atom. The van der Waals surface area contributed by atoms with Crippen LogP contribution in [-0.4, -0.2) is 31.3 Å². The number of halogens is 1. The predicted molar refractivity (Wildman–Crippen MR) is 108 cm³/mol. The number of aliphatic hydroxyl groups is 1. The molecule has 2 aromatic carbocycles. The summed E-state index contributed by atoms with van der Waals surface area (Å²) in [7, 11) is 1.52. The van der Waals surface area contributed by atoms with Gasteiger partial charge in [0.05, 0.1) is 13.5 Å². The van der Waals surface area contributed by atoms with Crippen molar-refractivity contribution in [3.63, 3.8) is 0 Å². The monoisotopic (exact) mass is 395 g/mol. The zero-order valence-electron chi connectivity index (χ0n) is 16.1. The minimum absolute atomic E-state index is 0.128. The Morgan fingerprint density at radius 3 is 2.52 bits per heavy atom. The van der Waals surface area contributed by atoms with Gasteiger partial charge in [-0.15, -0.1) is 18.8 Å². The Morgan fingerprint density at radius 1 is 1.17 bits per heavy atom. The Bertz CT molecular complexity index is 927. The maximum absolute atomic E-state index is 13.2. The zero-order chi connectivity index (χ0) is 21.3. The second kappa shape index (κ2) is 10.2. The third kappa shape index (κ3) is 5.51. The van der Waals surface area contributed by atoms with Crippen molar-refractivity contribution in [2.75, 3.05) is 20.3 Å². The van der Waals surface area contributed by atoms with Crippen molar-refractivity contribution >= 4 is 5.91 Å². The molecule has 2 N–H and O–H groups in total. The number of amides is 1. The number of terminal acetylenes is 2. The molecule has 6 heteroatoms. The molecule has 150 valence electrons. The second-order valence-electron chi connectivity index (χ2n) is 6.23. The average Bonchev–Trinajstić information content (AvgIpc) is 2.73. The molecule has 2 rings (SSSR count). The molecule has 5 nitrogen and oxygen atoms in total. The van der Waals surface area contributed by atoms with E-state index in [4.69, 9.17) is 22.3 Å². The molecule has 0 aliphatic carbocycles. The first kappa shape index (κ1) is 21.8. The molecule has 0 saturated carbocycles. The summed E-state index contributed by atoms with van der Waals surface area (Å²) in [5.41, 5.74) is -0.823. The van der Waals surface area contributed by atoms with E-state index in [0.717, 1.165) is 5.56 Å². The van der Waals surface area contributed by atoms with E-state index in [1.165, 1.54) is 31.4 Å². The van der Waals surface area contributed by atoms with Gasteiger partial charge in [0, 0.05) is 6.54 Å². The third-order valence-electron chi connectivity index (χ3n) is 4.29. The van der Waals surface area contributed by atoms with Crippen LogP contribution >= 0.6 is 0 Å². The smallest absolute Gasteiger partial charge is 0.257 e. The van der Waals surface area contributed by atoms with E-state index in [1.54, 1.807) is 12.1 Å². The van der Waals surface area contributed by atoms with E-state index < -0.39 is 17.3 Å². The molecule has 0 spiro atoms. The highest BCUT2D eigenvalue weighted by Gasteiger charge is 2.37. The van der Waals surface area contributed by atoms with Crippen molar-refractivity contribution in [1.29, 1.82) is 0 Å². The van der Waals surface area contributed by atoms with Gasteiger partial charge < -0.3 is 19.9 Å². The SMILES string of the molecule is C#CCOc1ccc(CCNC(=O)C(O)(CC#C)c2ccc(F)cc2)cc1OC. The Kier molecular flexibility index (Phi) is 7.65. The van der Waals surface area contributed by atoms with Gasteiger partial charge >= 0.3 is 0 Å². The van der Waals surface area contributed by atoms with E-state index in [0.29, 0.717) is 17.9 Å².